The first-order chi connectivity index (χ1) is 24.7. The van der Waals surface area contributed by atoms with Crippen LogP contribution in [0.5, 0.6) is 11.5 Å². The van der Waals surface area contributed by atoms with Gasteiger partial charge in [-0.3, -0.25) is 0 Å². The molecule has 5 aromatic carbocycles. The first kappa shape index (κ1) is 30.5. The lowest BCUT2D eigenvalue weighted by Gasteiger charge is -2.63. The Bertz CT molecular complexity index is 2370. The quantitative estimate of drug-likeness (QED) is 0.184. The maximum Gasteiger partial charge on any atom is 0.155 e. The highest BCUT2D eigenvalue weighted by atomic mass is 32.1. The lowest BCUT2D eigenvalue weighted by atomic mass is 9.42. The molecule has 0 saturated heterocycles. The van der Waals surface area contributed by atoms with Crippen molar-refractivity contribution in [3.05, 3.63) is 125 Å². The van der Waals surface area contributed by atoms with Crippen molar-refractivity contribution in [1.29, 1.82) is 0 Å². The van der Waals surface area contributed by atoms with Gasteiger partial charge >= 0.3 is 0 Å². The summed E-state index contributed by atoms with van der Waals surface area (Å²) in [7, 11) is 0. The molecule has 1 spiro atoms. The minimum atomic E-state index is 0.00859. The standard InChI is InChI=1S/C48H47NOS/c1-46(2)20-21-47(3,4)40-28-34(16-18-37(40)46)49(33-17-19-44-36(27-33)35-10-5-8-15-43(35)51-44)41-13-9-12-39-45(41)50-42-14-7-6-11-38(42)48(39)31-23-29-22-30(25-31)26-32(48)24-29/h5-19,27-32H,20-26H2,1-4H3. The molecule has 3 heteroatoms. The van der Waals surface area contributed by atoms with Crippen molar-refractivity contribution in [2.24, 2.45) is 23.7 Å². The van der Waals surface area contributed by atoms with E-state index in [2.05, 4.69) is 136 Å². The summed E-state index contributed by atoms with van der Waals surface area (Å²) in [5, 5.41) is 2.66. The second-order valence-corrected chi connectivity index (χ2v) is 19.1. The van der Waals surface area contributed by atoms with E-state index in [0.717, 1.165) is 29.0 Å². The summed E-state index contributed by atoms with van der Waals surface area (Å²) >= 11 is 1.89. The van der Waals surface area contributed by atoms with Gasteiger partial charge in [0.15, 0.2) is 5.75 Å². The maximum absolute atomic E-state index is 7.25. The number of thiophene rings is 1. The molecule has 1 aliphatic heterocycles. The molecule has 6 aliphatic rings. The van der Waals surface area contributed by atoms with Gasteiger partial charge in [0.25, 0.3) is 0 Å². The molecule has 6 aromatic rings. The molecule has 4 saturated carbocycles. The Balaban J connectivity index is 1.17. The highest BCUT2D eigenvalue weighted by Gasteiger charge is 2.61. The Labute approximate surface area is 306 Å². The van der Waals surface area contributed by atoms with E-state index in [1.807, 2.05) is 11.3 Å². The van der Waals surface area contributed by atoms with Crippen LogP contribution < -0.4 is 9.64 Å². The Hall–Kier alpha value is -4.08. The van der Waals surface area contributed by atoms with Crippen LogP contribution in [0.3, 0.4) is 0 Å². The zero-order valence-electron chi connectivity index (χ0n) is 30.3. The van der Waals surface area contributed by atoms with Crippen LogP contribution in [-0.4, -0.2) is 0 Å². The lowest BCUT2D eigenvalue weighted by Crippen LogP contribution is -2.57. The van der Waals surface area contributed by atoms with Crippen molar-refractivity contribution in [3.63, 3.8) is 0 Å². The second-order valence-electron chi connectivity index (χ2n) is 18.0. The highest BCUT2D eigenvalue weighted by Crippen LogP contribution is 2.69. The molecule has 4 fully saturated rings. The van der Waals surface area contributed by atoms with Crippen LogP contribution in [0.4, 0.5) is 17.1 Å². The number of fused-ring (bicyclic) bond motifs is 6. The van der Waals surface area contributed by atoms with Gasteiger partial charge in [0.05, 0.1) is 5.69 Å². The maximum atomic E-state index is 7.25. The van der Waals surface area contributed by atoms with Gasteiger partial charge in [-0.1, -0.05) is 82.3 Å². The summed E-state index contributed by atoms with van der Waals surface area (Å²) in [6.07, 6.45) is 9.27. The van der Waals surface area contributed by atoms with Crippen LogP contribution in [0.2, 0.25) is 0 Å². The molecule has 2 heterocycles. The van der Waals surface area contributed by atoms with Crippen molar-refractivity contribution in [2.75, 3.05) is 4.90 Å². The molecular weight excluding hydrogens is 639 g/mol. The summed E-state index contributed by atoms with van der Waals surface area (Å²) in [4.78, 5) is 2.54. The van der Waals surface area contributed by atoms with Crippen LogP contribution in [0.25, 0.3) is 20.2 Å². The van der Waals surface area contributed by atoms with Gasteiger partial charge in [0.1, 0.15) is 5.75 Å². The molecule has 256 valence electrons. The van der Waals surface area contributed by atoms with Gasteiger partial charge in [0.2, 0.25) is 0 Å². The molecular formula is C48H47NOS. The largest absolute Gasteiger partial charge is 0.455 e. The van der Waals surface area contributed by atoms with E-state index >= 15 is 0 Å². The summed E-state index contributed by atoms with van der Waals surface area (Å²) in [5.41, 5.74) is 9.69. The van der Waals surface area contributed by atoms with E-state index in [4.69, 9.17) is 4.74 Å². The first-order valence-electron chi connectivity index (χ1n) is 19.5. The van der Waals surface area contributed by atoms with Gasteiger partial charge in [-0.05, 0) is 139 Å². The van der Waals surface area contributed by atoms with Gasteiger partial charge in [0, 0.05) is 48.1 Å². The molecule has 2 nitrogen and oxygen atoms in total. The third-order valence-electron chi connectivity index (χ3n) is 14.4. The van der Waals surface area contributed by atoms with E-state index in [1.54, 1.807) is 0 Å². The molecule has 0 unspecified atom stereocenters. The van der Waals surface area contributed by atoms with Crippen LogP contribution in [0.15, 0.2) is 103 Å². The third-order valence-corrected chi connectivity index (χ3v) is 15.5. The first-order valence-corrected chi connectivity index (χ1v) is 20.3. The summed E-state index contributed by atoms with van der Waals surface area (Å²) in [6, 6.07) is 39.6. The Morgan fingerprint density at radius 1 is 0.569 bits per heavy atom. The van der Waals surface area contributed by atoms with E-state index < -0.39 is 0 Å². The number of ether oxygens (including phenoxy) is 1. The number of para-hydroxylation sites is 2. The number of rotatable bonds is 3. The zero-order valence-corrected chi connectivity index (χ0v) is 31.2. The minimum absolute atomic E-state index is 0.00859. The molecule has 51 heavy (non-hydrogen) atoms. The molecule has 1 aromatic heterocycles. The summed E-state index contributed by atoms with van der Waals surface area (Å²) in [5.74, 6) is 5.26. The third kappa shape index (κ3) is 4.22. The van der Waals surface area contributed by atoms with Crippen molar-refractivity contribution < 1.29 is 4.74 Å². The zero-order chi connectivity index (χ0) is 34.3. The van der Waals surface area contributed by atoms with Gasteiger partial charge in [-0.25, -0.2) is 0 Å². The van der Waals surface area contributed by atoms with Gasteiger partial charge in [-0.15, -0.1) is 11.3 Å². The SMILES string of the molecule is CC1(C)CCC(C)(C)c2cc(N(c3ccc4sc5ccccc5c4c3)c3cccc4c3Oc3ccccc3C43C4CC5CC(C4)CC3C5)ccc21. The summed E-state index contributed by atoms with van der Waals surface area (Å²) in [6.45, 7) is 9.74. The fraction of sp³-hybridized carbons (Fsp3) is 0.375. The number of nitrogens with zero attached hydrogens (tertiary/aromatic N) is 1. The molecule has 12 rings (SSSR count). The van der Waals surface area contributed by atoms with E-state index in [1.165, 1.54) is 98.7 Å². The fourth-order valence-corrected chi connectivity index (χ4v) is 13.2. The summed E-state index contributed by atoms with van der Waals surface area (Å²) < 4.78 is 9.93. The van der Waals surface area contributed by atoms with Crippen LogP contribution in [0.1, 0.15) is 94.9 Å². The monoisotopic (exact) mass is 685 g/mol. The average molecular weight is 686 g/mol. The van der Waals surface area contributed by atoms with Crippen molar-refractivity contribution in [1.82, 2.24) is 0 Å². The van der Waals surface area contributed by atoms with Crippen molar-refractivity contribution >= 4 is 48.6 Å². The Morgan fingerprint density at radius 2 is 1.22 bits per heavy atom. The minimum Gasteiger partial charge on any atom is -0.455 e. The highest BCUT2D eigenvalue weighted by molar-refractivity contribution is 7.25. The average Bonchev–Trinajstić information content (AvgIpc) is 3.50. The van der Waals surface area contributed by atoms with E-state index in [0.29, 0.717) is 11.8 Å². The van der Waals surface area contributed by atoms with E-state index in [9.17, 15) is 0 Å². The molecule has 4 bridgehead atoms. The number of anilines is 3. The van der Waals surface area contributed by atoms with Gasteiger partial charge < -0.3 is 9.64 Å². The Morgan fingerprint density at radius 3 is 2.02 bits per heavy atom. The fourth-order valence-electron chi connectivity index (χ4n) is 12.1. The predicted molar refractivity (Wildman–Crippen MR) is 214 cm³/mol. The van der Waals surface area contributed by atoms with E-state index in [-0.39, 0.29) is 16.2 Å². The predicted octanol–water partition coefficient (Wildman–Crippen LogP) is 13.7. The Kier molecular flexibility index (Phi) is 6.29. The molecule has 0 radical (unpaired) electrons. The van der Waals surface area contributed by atoms with Crippen LogP contribution in [0, 0.1) is 23.7 Å². The smallest absolute Gasteiger partial charge is 0.155 e. The molecule has 0 atom stereocenters. The molecule has 5 aliphatic carbocycles. The number of hydrogen-bond donors (Lipinski definition) is 0. The number of hydrogen-bond acceptors (Lipinski definition) is 3. The lowest BCUT2D eigenvalue weighted by molar-refractivity contribution is -0.0451. The number of benzene rings is 5. The molecule has 0 N–H and O–H groups in total. The van der Waals surface area contributed by atoms with Crippen molar-refractivity contribution in [3.8, 4) is 11.5 Å². The van der Waals surface area contributed by atoms with Crippen LogP contribution >= 0.6 is 11.3 Å². The molecule has 0 amide bonds. The second kappa shape index (κ2) is 10.5. The van der Waals surface area contributed by atoms with Gasteiger partial charge in [-0.2, -0.15) is 0 Å². The topological polar surface area (TPSA) is 12.5 Å². The normalized spacial score (nSPS) is 27.6. The van der Waals surface area contributed by atoms with Crippen molar-refractivity contribution in [2.45, 2.75) is 88.9 Å². The van der Waals surface area contributed by atoms with Crippen LogP contribution in [-0.2, 0) is 16.2 Å².